The van der Waals surface area contributed by atoms with Gasteiger partial charge in [0.1, 0.15) is 0 Å². The quantitative estimate of drug-likeness (QED) is 0.850. The number of nitrogens with zero attached hydrogens (tertiary/aromatic N) is 2. The number of hydrogen-bond donors (Lipinski definition) is 1. The maximum Gasteiger partial charge on any atom is 0.215 e. The zero-order valence-corrected chi connectivity index (χ0v) is 10.4. The van der Waals surface area contributed by atoms with Gasteiger partial charge in [0.2, 0.25) is 10.0 Å². The van der Waals surface area contributed by atoms with Crippen LogP contribution in [0.4, 0.5) is 0 Å². The zero-order valence-electron chi connectivity index (χ0n) is 9.62. The van der Waals surface area contributed by atoms with Gasteiger partial charge in [0.05, 0.1) is 5.75 Å². The molecule has 1 aliphatic rings. The number of pyridine rings is 1. The Kier molecular flexibility index (Phi) is 3.76. The third-order valence-electron chi connectivity index (χ3n) is 2.96. The van der Waals surface area contributed by atoms with Crippen LogP contribution in [0.5, 0.6) is 0 Å². The van der Waals surface area contributed by atoms with E-state index in [0.717, 1.165) is 18.4 Å². The molecule has 1 aromatic rings. The third kappa shape index (κ3) is 3.02. The van der Waals surface area contributed by atoms with Crippen LogP contribution in [0, 0.1) is 0 Å². The molecule has 0 amide bonds. The van der Waals surface area contributed by atoms with Crippen LogP contribution < -0.4 is 5.73 Å². The van der Waals surface area contributed by atoms with Gasteiger partial charge in [-0.05, 0) is 24.5 Å². The molecule has 2 heterocycles. The van der Waals surface area contributed by atoms with Crippen LogP contribution in [-0.4, -0.2) is 36.5 Å². The average Bonchev–Trinajstić information content (AvgIpc) is 2.84. The summed E-state index contributed by atoms with van der Waals surface area (Å²) in [6.45, 7) is 1.25. The second kappa shape index (κ2) is 5.12. The van der Waals surface area contributed by atoms with Crippen molar-refractivity contribution in [2.75, 3.05) is 18.8 Å². The second-order valence-electron chi connectivity index (χ2n) is 4.28. The molecule has 5 nitrogen and oxygen atoms in total. The van der Waals surface area contributed by atoms with E-state index in [-0.39, 0.29) is 5.75 Å². The number of rotatable bonds is 4. The van der Waals surface area contributed by atoms with E-state index >= 15 is 0 Å². The van der Waals surface area contributed by atoms with E-state index < -0.39 is 16.1 Å². The summed E-state index contributed by atoms with van der Waals surface area (Å²) in [7, 11) is -3.23. The molecule has 2 rings (SSSR count). The van der Waals surface area contributed by atoms with E-state index in [2.05, 4.69) is 4.98 Å². The van der Waals surface area contributed by atoms with Crippen LogP contribution in [0.15, 0.2) is 24.5 Å². The maximum atomic E-state index is 12.0. The Morgan fingerprint density at radius 1 is 1.41 bits per heavy atom. The van der Waals surface area contributed by atoms with Crippen molar-refractivity contribution in [3.05, 3.63) is 30.1 Å². The van der Waals surface area contributed by atoms with E-state index in [1.165, 1.54) is 4.31 Å². The molecule has 1 saturated heterocycles. The van der Waals surface area contributed by atoms with Crippen molar-refractivity contribution < 1.29 is 8.42 Å². The van der Waals surface area contributed by atoms with Crippen LogP contribution in [0.2, 0.25) is 0 Å². The minimum absolute atomic E-state index is 0.0430. The molecule has 6 heteroatoms. The van der Waals surface area contributed by atoms with E-state index in [1.54, 1.807) is 24.5 Å². The molecule has 0 spiro atoms. The zero-order chi connectivity index (χ0) is 12.3. The highest BCUT2D eigenvalue weighted by atomic mass is 32.2. The van der Waals surface area contributed by atoms with Crippen molar-refractivity contribution in [1.29, 1.82) is 0 Å². The van der Waals surface area contributed by atoms with Gasteiger partial charge in [-0.25, -0.2) is 12.7 Å². The minimum Gasteiger partial charge on any atom is -0.323 e. The standard InChI is InChI=1S/C11H17N3O2S/c12-11(10-4-3-5-13-8-10)9-17(15,16)14-6-1-2-7-14/h3-5,8,11H,1-2,6-7,9,12H2. The second-order valence-corrected chi connectivity index (χ2v) is 6.29. The van der Waals surface area contributed by atoms with Gasteiger partial charge in [-0.2, -0.15) is 0 Å². The summed E-state index contributed by atoms with van der Waals surface area (Å²) in [5.41, 5.74) is 6.66. The summed E-state index contributed by atoms with van der Waals surface area (Å²) < 4.78 is 25.6. The van der Waals surface area contributed by atoms with Crippen molar-refractivity contribution in [3.63, 3.8) is 0 Å². The Bertz CT molecular complexity index is 455. The number of sulfonamides is 1. The number of nitrogens with two attached hydrogens (primary N) is 1. The highest BCUT2D eigenvalue weighted by Crippen LogP contribution is 2.17. The molecule has 17 heavy (non-hydrogen) atoms. The molecule has 0 radical (unpaired) electrons. The van der Waals surface area contributed by atoms with E-state index in [4.69, 9.17) is 5.73 Å². The predicted molar refractivity (Wildman–Crippen MR) is 65.8 cm³/mol. The van der Waals surface area contributed by atoms with Gasteiger partial charge in [-0.1, -0.05) is 6.07 Å². The van der Waals surface area contributed by atoms with Crippen molar-refractivity contribution in [2.45, 2.75) is 18.9 Å². The fourth-order valence-electron chi connectivity index (χ4n) is 1.99. The smallest absolute Gasteiger partial charge is 0.215 e. The molecule has 94 valence electrons. The topological polar surface area (TPSA) is 76.3 Å². The van der Waals surface area contributed by atoms with Crippen LogP contribution in [0.25, 0.3) is 0 Å². The molecule has 2 N–H and O–H groups in total. The predicted octanol–water partition coefficient (Wildman–Crippen LogP) is 0.507. The van der Waals surface area contributed by atoms with E-state index in [0.29, 0.717) is 13.1 Å². The summed E-state index contributed by atoms with van der Waals surface area (Å²) in [6.07, 6.45) is 5.15. The largest absolute Gasteiger partial charge is 0.323 e. The van der Waals surface area contributed by atoms with Crippen molar-refractivity contribution >= 4 is 10.0 Å². The lowest BCUT2D eigenvalue weighted by molar-refractivity contribution is 0.473. The number of aromatic nitrogens is 1. The van der Waals surface area contributed by atoms with Crippen molar-refractivity contribution in [1.82, 2.24) is 9.29 Å². The van der Waals surface area contributed by atoms with Gasteiger partial charge in [-0.3, -0.25) is 4.98 Å². The first-order valence-electron chi connectivity index (χ1n) is 5.73. The Morgan fingerprint density at radius 3 is 2.71 bits per heavy atom. The Hall–Kier alpha value is -0.980. The summed E-state index contributed by atoms with van der Waals surface area (Å²) >= 11 is 0. The summed E-state index contributed by atoms with van der Waals surface area (Å²) in [6, 6.07) is 3.06. The van der Waals surface area contributed by atoms with Gasteiger partial charge < -0.3 is 5.73 Å². The van der Waals surface area contributed by atoms with Gasteiger partial charge in [0.15, 0.2) is 0 Å². The lowest BCUT2D eigenvalue weighted by atomic mass is 10.2. The molecule has 0 saturated carbocycles. The first kappa shape index (κ1) is 12.5. The lowest BCUT2D eigenvalue weighted by Crippen LogP contribution is -2.34. The van der Waals surface area contributed by atoms with Gasteiger partial charge in [-0.15, -0.1) is 0 Å². The van der Waals surface area contributed by atoms with Gasteiger partial charge in [0.25, 0.3) is 0 Å². The molecule has 1 fully saturated rings. The Morgan fingerprint density at radius 2 is 2.12 bits per heavy atom. The summed E-state index contributed by atoms with van der Waals surface area (Å²) in [5, 5.41) is 0. The minimum atomic E-state index is -3.23. The fraction of sp³-hybridized carbons (Fsp3) is 0.545. The molecule has 0 aliphatic carbocycles. The highest BCUT2D eigenvalue weighted by Gasteiger charge is 2.27. The molecule has 1 atom stereocenters. The maximum absolute atomic E-state index is 12.0. The average molecular weight is 255 g/mol. The van der Waals surface area contributed by atoms with Crippen LogP contribution in [0.1, 0.15) is 24.4 Å². The normalized spacial score (nSPS) is 19.4. The van der Waals surface area contributed by atoms with E-state index in [1.807, 2.05) is 0 Å². The first-order chi connectivity index (χ1) is 8.09. The molecule has 1 aliphatic heterocycles. The molecule has 1 aromatic heterocycles. The first-order valence-corrected chi connectivity index (χ1v) is 7.34. The van der Waals surface area contributed by atoms with Crippen LogP contribution in [0.3, 0.4) is 0 Å². The Labute approximate surface area is 102 Å². The molecule has 0 aromatic carbocycles. The van der Waals surface area contributed by atoms with Crippen molar-refractivity contribution in [3.8, 4) is 0 Å². The Balaban J connectivity index is 2.05. The molecule has 0 bridgehead atoms. The summed E-state index contributed by atoms with van der Waals surface area (Å²) in [4.78, 5) is 3.94. The monoisotopic (exact) mass is 255 g/mol. The van der Waals surface area contributed by atoms with Gasteiger partial charge >= 0.3 is 0 Å². The molecule has 1 unspecified atom stereocenters. The number of hydrogen-bond acceptors (Lipinski definition) is 4. The highest BCUT2D eigenvalue weighted by molar-refractivity contribution is 7.89. The van der Waals surface area contributed by atoms with E-state index in [9.17, 15) is 8.42 Å². The lowest BCUT2D eigenvalue weighted by Gasteiger charge is -2.18. The SMILES string of the molecule is NC(CS(=O)(=O)N1CCCC1)c1cccnc1. The summed E-state index contributed by atoms with van der Waals surface area (Å²) in [5.74, 6) is -0.0430. The van der Waals surface area contributed by atoms with Crippen LogP contribution >= 0.6 is 0 Å². The fourth-order valence-corrected chi connectivity index (χ4v) is 3.66. The van der Waals surface area contributed by atoms with Gasteiger partial charge in [0, 0.05) is 31.5 Å². The molecular formula is C11H17N3O2S. The van der Waals surface area contributed by atoms with Crippen LogP contribution in [-0.2, 0) is 10.0 Å². The third-order valence-corrected chi connectivity index (χ3v) is 4.89. The molecular weight excluding hydrogens is 238 g/mol. The van der Waals surface area contributed by atoms with Crippen molar-refractivity contribution in [2.24, 2.45) is 5.73 Å².